The lowest BCUT2D eigenvalue weighted by atomic mass is 10.2. The highest BCUT2D eigenvalue weighted by atomic mass is 16.6. The van der Waals surface area contributed by atoms with E-state index in [0.29, 0.717) is 16.9 Å². The van der Waals surface area contributed by atoms with E-state index in [0.717, 1.165) is 0 Å². The third-order valence-electron chi connectivity index (χ3n) is 3.58. The number of para-hydroxylation sites is 3. The second kappa shape index (κ2) is 7.40. The molecule has 0 aliphatic heterocycles. The number of esters is 2. The van der Waals surface area contributed by atoms with Crippen molar-refractivity contribution in [3.05, 3.63) is 83.9 Å². The Kier molecular flexibility index (Phi) is 4.85. The number of benzene rings is 3. The van der Waals surface area contributed by atoms with Crippen molar-refractivity contribution < 1.29 is 19.1 Å². The van der Waals surface area contributed by atoms with Gasteiger partial charge >= 0.3 is 11.9 Å². The molecule has 0 fully saturated rings. The molecule has 130 valence electrons. The number of ether oxygens (including phenoxy) is 2. The van der Waals surface area contributed by atoms with Gasteiger partial charge in [-0.2, -0.15) is 0 Å². The smallest absolute Gasteiger partial charge is 0.345 e. The first-order chi connectivity index (χ1) is 12.5. The average Bonchev–Trinajstić information content (AvgIpc) is 2.64. The Labute approximate surface area is 150 Å². The van der Waals surface area contributed by atoms with Gasteiger partial charge in [-0.05, 0) is 48.5 Å². The Morgan fingerprint density at radius 3 is 1.81 bits per heavy atom. The van der Waals surface area contributed by atoms with E-state index in [1.54, 1.807) is 60.7 Å². The van der Waals surface area contributed by atoms with Crippen molar-refractivity contribution in [3.8, 4) is 11.5 Å². The molecule has 0 bridgehead atoms. The molecule has 0 saturated heterocycles. The third kappa shape index (κ3) is 3.81. The molecule has 6 nitrogen and oxygen atoms in total. The molecule has 0 amide bonds. The first kappa shape index (κ1) is 17.0. The second-order valence-electron chi connectivity index (χ2n) is 5.44. The average molecular weight is 348 g/mol. The van der Waals surface area contributed by atoms with Crippen LogP contribution in [0.25, 0.3) is 0 Å². The van der Waals surface area contributed by atoms with E-state index in [1.807, 2.05) is 0 Å². The van der Waals surface area contributed by atoms with Crippen LogP contribution in [0.3, 0.4) is 0 Å². The molecule has 6 heteroatoms. The van der Waals surface area contributed by atoms with E-state index in [1.165, 1.54) is 12.1 Å². The minimum Gasteiger partial charge on any atom is -0.419 e. The Hall–Kier alpha value is -3.80. The maximum absolute atomic E-state index is 12.3. The SMILES string of the molecule is Nc1ccc(C(=O)Oc2ccccc2OC(=O)c2ccccc2N)cc1. The maximum Gasteiger partial charge on any atom is 0.345 e. The van der Waals surface area contributed by atoms with Gasteiger partial charge in [0.1, 0.15) is 0 Å². The van der Waals surface area contributed by atoms with E-state index in [-0.39, 0.29) is 17.1 Å². The first-order valence-electron chi connectivity index (χ1n) is 7.78. The number of hydrogen-bond donors (Lipinski definition) is 2. The standard InChI is InChI=1S/C20H16N2O4/c21-14-11-9-13(10-12-14)19(23)25-17-7-3-4-8-18(17)26-20(24)15-5-1-2-6-16(15)22/h1-12H,21-22H2. The lowest BCUT2D eigenvalue weighted by Gasteiger charge is -2.11. The molecule has 0 aromatic heterocycles. The lowest BCUT2D eigenvalue weighted by molar-refractivity contribution is 0.0683. The predicted molar refractivity (Wildman–Crippen MR) is 98.1 cm³/mol. The molecular formula is C20H16N2O4. The normalized spacial score (nSPS) is 10.2. The first-order valence-corrected chi connectivity index (χ1v) is 7.78. The summed E-state index contributed by atoms with van der Waals surface area (Å²) in [5.41, 5.74) is 12.8. The molecule has 0 spiro atoms. The van der Waals surface area contributed by atoms with Crippen molar-refractivity contribution in [3.63, 3.8) is 0 Å². The summed E-state index contributed by atoms with van der Waals surface area (Å²) in [6.07, 6.45) is 0. The number of nitrogen functional groups attached to an aromatic ring is 2. The van der Waals surface area contributed by atoms with Crippen LogP contribution >= 0.6 is 0 Å². The molecule has 3 rings (SSSR count). The molecule has 4 N–H and O–H groups in total. The molecule has 0 atom stereocenters. The van der Waals surface area contributed by atoms with Crippen molar-refractivity contribution in [2.45, 2.75) is 0 Å². The number of rotatable bonds is 4. The van der Waals surface area contributed by atoms with Crippen molar-refractivity contribution in [1.29, 1.82) is 0 Å². The molecule has 0 heterocycles. The van der Waals surface area contributed by atoms with Crippen LogP contribution in [-0.2, 0) is 0 Å². The molecule has 26 heavy (non-hydrogen) atoms. The summed E-state index contributed by atoms with van der Waals surface area (Å²) >= 11 is 0. The van der Waals surface area contributed by atoms with Crippen molar-refractivity contribution in [2.75, 3.05) is 11.5 Å². The zero-order valence-corrected chi connectivity index (χ0v) is 13.7. The van der Waals surface area contributed by atoms with E-state index in [4.69, 9.17) is 20.9 Å². The van der Waals surface area contributed by atoms with Gasteiger partial charge in [0.25, 0.3) is 0 Å². The minimum absolute atomic E-state index is 0.115. The van der Waals surface area contributed by atoms with Crippen LogP contribution in [0.1, 0.15) is 20.7 Å². The van der Waals surface area contributed by atoms with Gasteiger partial charge in [0.15, 0.2) is 11.5 Å². The monoisotopic (exact) mass is 348 g/mol. The highest BCUT2D eigenvalue weighted by Gasteiger charge is 2.17. The fraction of sp³-hybridized carbons (Fsp3) is 0. The molecule has 0 saturated carbocycles. The summed E-state index contributed by atoms with van der Waals surface area (Å²) < 4.78 is 10.7. The van der Waals surface area contributed by atoms with Crippen molar-refractivity contribution in [1.82, 2.24) is 0 Å². The van der Waals surface area contributed by atoms with Gasteiger partial charge < -0.3 is 20.9 Å². The van der Waals surface area contributed by atoms with E-state index >= 15 is 0 Å². The fourth-order valence-electron chi connectivity index (χ4n) is 2.23. The summed E-state index contributed by atoms with van der Waals surface area (Å²) in [5.74, 6) is -0.992. The van der Waals surface area contributed by atoms with Gasteiger partial charge in [0.05, 0.1) is 11.1 Å². The molecule has 3 aromatic rings. The van der Waals surface area contributed by atoms with Gasteiger partial charge in [-0.15, -0.1) is 0 Å². The van der Waals surface area contributed by atoms with Crippen LogP contribution in [0.15, 0.2) is 72.8 Å². The van der Waals surface area contributed by atoms with Crippen LogP contribution in [-0.4, -0.2) is 11.9 Å². The highest BCUT2D eigenvalue weighted by Crippen LogP contribution is 2.28. The zero-order valence-electron chi connectivity index (χ0n) is 13.7. The van der Waals surface area contributed by atoms with Crippen LogP contribution in [0.2, 0.25) is 0 Å². The summed E-state index contributed by atoms with van der Waals surface area (Å²) in [4.78, 5) is 24.6. The fourth-order valence-corrected chi connectivity index (χ4v) is 2.23. The van der Waals surface area contributed by atoms with E-state index < -0.39 is 11.9 Å². The summed E-state index contributed by atoms with van der Waals surface area (Å²) in [6, 6.07) is 19.3. The number of anilines is 2. The Morgan fingerprint density at radius 1 is 0.654 bits per heavy atom. The number of hydrogen-bond acceptors (Lipinski definition) is 6. The minimum atomic E-state index is -0.640. The van der Waals surface area contributed by atoms with Crippen LogP contribution < -0.4 is 20.9 Å². The van der Waals surface area contributed by atoms with Crippen molar-refractivity contribution >= 4 is 23.3 Å². The molecule has 0 unspecified atom stereocenters. The Bertz CT molecular complexity index is 952. The Morgan fingerprint density at radius 2 is 1.19 bits per heavy atom. The molecule has 0 aliphatic rings. The van der Waals surface area contributed by atoms with Crippen LogP contribution in [0.4, 0.5) is 11.4 Å². The van der Waals surface area contributed by atoms with E-state index in [9.17, 15) is 9.59 Å². The quantitative estimate of drug-likeness (QED) is 0.426. The summed E-state index contributed by atoms with van der Waals surface area (Å²) in [6.45, 7) is 0. The molecular weight excluding hydrogens is 332 g/mol. The van der Waals surface area contributed by atoms with Gasteiger partial charge in [0.2, 0.25) is 0 Å². The van der Waals surface area contributed by atoms with Crippen molar-refractivity contribution in [2.24, 2.45) is 0 Å². The van der Waals surface area contributed by atoms with Crippen LogP contribution in [0.5, 0.6) is 11.5 Å². The summed E-state index contributed by atoms with van der Waals surface area (Å²) in [5, 5.41) is 0. The summed E-state index contributed by atoms with van der Waals surface area (Å²) in [7, 11) is 0. The number of carbonyl (C=O) groups is 2. The maximum atomic E-state index is 12.3. The highest BCUT2D eigenvalue weighted by molar-refractivity contribution is 5.97. The van der Waals surface area contributed by atoms with E-state index in [2.05, 4.69) is 0 Å². The zero-order chi connectivity index (χ0) is 18.5. The predicted octanol–water partition coefficient (Wildman–Crippen LogP) is 3.29. The number of carbonyl (C=O) groups excluding carboxylic acids is 2. The number of nitrogens with two attached hydrogens (primary N) is 2. The van der Waals surface area contributed by atoms with Gasteiger partial charge in [0, 0.05) is 11.4 Å². The van der Waals surface area contributed by atoms with Gasteiger partial charge in [-0.25, -0.2) is 9.59 Å². The molecule has 3 aromatic carbocycles. The van der Waals surface area contributed by atoms with Gasteiger partial charge in [-0.1, -0.05) is 24.3 Å². The topological polar surface area (TPSA) is 105 Å². The largest absolute Gasteiger partial charge is 0.419 e. The molecule has 0 radical (unpaired) electrons. The molecule has 0 aliphatic carbocycles. The second-order valence-corrected chi connectivity index (χ2v) is 5.44. The van der Waals surface area contributed by atoms with Gasteiger partial charge in [-0.3, -0.25) is 0 Å². The Balaban J connectivity index is 1.80. The van der Waals surface area contributed by atoms with Crippen LogP contribution in [0, 0.1) is 0 Å². The third-order valence-corrected chi connectivity index (χ3v) is 3.58. The lowest BCUT2D eigenvalue weighted by Crippen LogP contribution is -2.13.